The van der Waals surface area contributed by atoms with Crippen LogP contribution in [0.5, 0.6) is 0 Å². The van der Waals surface area contributed by atoms with Crippen LogP contribution in [0, 0.1) is 35.1 Å². The second-order valence-electron chi connectivity index (χ2n) is 26.2. The minimum atomic E-state index is -0.928. The van der Waals surface area contributed by atoms with Crippen molar-refractivity contribution < 1.29 is 17.6 Å². The lowest BCUT2D eigenvalue weighted by atomic mass is 9.71. The molecule has 98 heavy (non-hydrogen) atoms. The van der Waals surface area contributed by atoms with Crippen LogP contribution in [0.4, 0.5) is 17.6 Å². The number of hydrogen-bond donors (Lipinski definition) is 0. The molecule has 0 N–H and O–H groups in total. The minimum Gasteiger partial charge on any atom is -0.204 e. The first kappa shape index (κ1) is 57.2. The first-order chi connectivity index (χ1) is 48.2. The molecular formula is C94H56F4. The highest BCUT2D eigenvalue weighted by atomic mass is 19.2. The molecule has 4 heteroatoms. The zero-order valence-electron chi connectivity index (χ0n) is 52.8. The Hall–Kier alpha value is -12.2. The third-order valence-corrected chi connectivity index (χ3v) is 20.8. The van der Waals surface area contributed by atoms with Crippen LogP contribution in [0.15, 0.2) is 328 Å². The van der Waals surface area contributed by atoms with Gasteiger partial charge in [-0.05, 0) is 273 Å². The van der Waals surface area contributed by atoms with Crippen molar-refractivity contribution in [2.75, 3.05) is 0 Å². The van der Waals surface area contributed by atoms with Gasteiger partial charge in [0.25, 0.3) is 0 Å². The predicted molar refractivity (Wildman–Crippen MR) is 398 cm³/mol. The van der Waals surface area contributed by atoms with E-state index in [1.165, 1.54) is 24.3 Å². The molecule has 15 aromatic carbocycles. The summed E-state index contributed by atoms with van der Waals surface area (Å²) in [7, 11) is 0. The summed E-state index contributed by atoms with van der Waals surface area (Å²) in [6.07, 6.45) is 9.32. The van der Waals surface area contributed by atoms with Gasteiger partial charge in [0.2, 0.25) is 0 Å². The van der Waals surface area contributed by atoms with E-state index >= 15 is 17.6 Å². The standard InChI is InChI=1S/C94H56F4/c95-81-51-69-49-77-78(50-70(69)52-82(81)96)87(71-45-65(57-25-11-3-12-26-57)43-66(46-71)58-27-13-4-14-28-58)93-75-39-38-74-90-76(40-37-73(89(75)90)91(93)85(77)63-35-19-33-61(41-63)55-21-7-1-8-22-55)94-88(72-47-67(59-29-15-5-16-30-59)44-68(48-72)60-31-17-6-18-32-60)80-54-84(98)83(97)53-79(80)86(92(74)94)64-36-20-34-62(42-64)56-23-9-2-10-24-56/h1-54,89-90H. The van der Waals surface area contributed by atoms with Crippen molar-refractivity contribution in [2.24, 2.45) is 11.8 Å². The van der Waals surface area contributed by atoms with Crippen molar-refractivity contribution >= 4 is 54.6 Å². The van der Waals surface area contributed by atoms with Crippen molar-refractivity contribution in [2.45, 2.75) is 0 Å². The molecule has 0 spiro atoms. The molecule has 2 atom stereocenters. The second kappa shape index (κ2) is 22.7. The SMILES string of the molecule is Fc1cc2cc3c(-c4cccc(-c5ccccc5)c4)c4c(c(-c5cc(-c6ccccc6)cc(-c6ccccc6)c5)c3cc2cc1F)C1=CC=C2c3c(c(-c5cc(-c6ccccc6)cc(-c6ccccc6)c5)c5cc(F)c(F)cc5c3-c3cccc(-c5ccccc5)c3)C3=CC=C4C1C23. The topological polar surface area (TPSA) is 0 Å². The van der Waals surface area contributed by atoms with Crippen molar-refractivity contribution in [3.05, 3.63) is 373 Å². The number of fused-ring (bicyclic) bond motifs is 9. The molecule has 0 nitrogen and oxygen atoms in total. The van der Waals surface area contributed by atoms with Crippen LogP contribution in [0.2, 0.25) is 0 Å². The summed E-state index contributed by atoms with van der Waals surface area (Å²) < 4.78 is 65.6. The van der Waals surface area contributed by atoms with Gasteiger partial charge >= 0.3 is 0 Å². The summed E-state index contributed by atoms with van der Waals surface area (Å²) in [6, 6.07) is 103. The Labute approximate surface area is 565 Å². The molecule has 0 saturated carbocycles. The highest BCUT2D eigenvalue weighted by Gasteiger charge is 2.51. The van der Waals surface area contributed by atoms with Gasteiger partial charge in [0.05, 0.1) is 0 Å². The largest absolute Gasteiger partial charge is 0.204 e. The van der Waals surface area contributed by atoms with E-state index in [-0.39, 0.29) is 11.8 Å². The zero-order valence-corrected chi connectivity index (χ0v) is 52.8. The van der Waals surface area contributed by atoms with Crippen LogP contribution in [-0.2, 0) is 0 Å². The lowest BCUT2D eigenvalue weighted by Gasteiger charge is -2.31. The number of hydrogen-bond acceptors (Lipinski definition) is 0. The maximum absolute atomic E-state index is 16.9. The third kappa shape index (κ3) is 9.20. The fraction of sp³-hybridized carbons (Fsp3) is 0.0213. The van der Waals surface area contributed by atoms with E-state index in [2.05, 4.69) is 255 Å². The van der Waals surface area contributed by atoms with E-state index in [1.54, 1.807) is 0 Å². The maximum Gasteiger partial charge on any atom is 0.159 e. The van der Waals surface area contributed by atoms with Crippen molar-refractivity contribution in [1.29, 1.82) is 0 Å². The van der Waals surface area contributed by atoms with Crippen molar-refractivity contribution in [3.63, 3.8) is 0 Å². The minimum absolute atomic E-state index is 0.275. The number of allylic oxidation sites excluding steroid dienone is 8. The summed E-state index contributed by atoms with van der Waals surface area (Å²) in [4.78, 5) is 0. The predicted octanol–water partition coefficient (Wildman–Crippen LogP) is 25.9. The number of rotatable bonds is 10. The number of benzene rings is 15. The lowest BCUT2D eigenvalue weighted by Crippen LogP contribution is -2.18. The van der Waals surface area contributed by atoms with Gasteiger partial charge in [-0.2, -0.15) is 0 Å². The zero-order chi connectivity index (χ0) is 65.3. The van der Waals surface area contributed by atoms with Crippen LogP contribution in [0.25, 0.3) is 166 Å². The van der Waals surface area contributed by atoms with Crippen molar-refractivity contribution in [3.8, 4) is 111 Å². The Kier molecular flexibility index (Phi) is 13.3. The monoisotopic (exact) mass is 1260 g/mol. The molecule has 15 aromatic rings. The van der Waals surface area contributed by atoms with Crippen LogP contribution >= 0.6 is 0 Å². The molecule has 460 valence electrons. The summed E-state index contributed by atoms with van der Waals surface area (Å²) in [5.41, 5.74) is 28.2. The Balaban J connectivity index is 0.956. The van der Waals surface area contributed by atoms with Crippen LogP contribution in [0.1, 0.15) is 22.3 Å². The van der Waals surface area contributed by atoms with Gasteiger partial charge in [0, 0.05) is 11.8 Å². The molecular weight excluding hydrogens is 1210 g/mol. The smallest absolute Gasteiger partial charge is 0.159 e. The molecule has 0 aromatic heterocycles. The molecule has 0 radical (unpaired) electrons. The molecule has 0 amide bonds. The highest BCUT2D eigenvalue weighted by Crippen LogP contribution is 2.69. The first-order valence-electron chi connectivity index (χ1n) is 33.4. The average Bonchev–Trinajstić information content (AvgIpc) is 1.50. The third-order valence-electron chi connectivity index (χ3n) is 20.8. The van der Waals surface area contributed by atoms with Crippen LogP contribution in [-0.4, -0.2) is 0 Å². The summed E-state index contributed by atoms with van der Waals surface area (Å²) >= 11 is 0. The molecule has 0 bridgehead atoms. The Bertz CT molecular complexity index is 5870. The van der Waals surface area contributed by atoms with Gasteiger partial charge in [-0.25, -0.2) is 17.6 Å². The van der Waals surface area contributed by atoms with Gasteiger partial charge in [-0.1, -0.05) is 243 Å². The molecule has 0 heterocycles. The molecule has 4 aliphatic rings. The molecule has 0 saturated heterocycles. The summed E-state index contributed by atoms with van der Waals surface area (Å²) in [5.74, 6) is -4.25. The maximum atomic E-state index is 16.9. The van der Waals surface area contributed by atoms with E-state index in [0.717, 1.165) is 167 Å². The van der Waals surface area contributed by atoms with Gasteiger partial charge in [0.1, 0.15) is 0 Å². The van der Waals surface area contributed by atoms with Gasteiger partial charge in [0.15, 0.2) is 23.3 Å². The molecule has 0 aliphatic heterocycles. The Morgan fingerprint density at radius 2 is 0.378 bits per heavy atom. The lowest BCUT2D eigenvalue weighted by molar-refractivity contribution is 0.511. The fourth-order valence-corrected chi connectivity index (χ4v) is 16.5. The van der Waals surface area contributed by atoms with Gasteiger partial charge in [-0.15, -0.1) is 0 Å². The number of halogens is 4. The van der Waals surface area contributed by atoms with Gasteiger partial charge in [-0.3, -0.25) is 0 Å². The molecule has 2 unspecified atom stereocenters. The quantitative estimate of drug-likeness (QED) is 0.0946. The van der Waals surface area contributed by atoms with Gasteiger partial charge < -0.3 is 0 Å². The molecule has 0 fully saturated rings. The van der Waals surface area contributed by atoms with E-state index < -0.39 is 23.3 Å². The average molecular weight is 1260 g/mol. The van der Waals surface area contributed by atoms with Crippen LogP contribution < -0.4 is 0 Å². The van der Waals surface area contributed by atoms with Crippen LogP contribution in [0.3, 0.4) is 0 Å². The normalized spacial score (nSPS) is 14.8. The van der Waals surface area contributed by atoms with E-state index in [0.29, 0.717) is 21.5 Å². The summed E-state index contributed by atoms with van der Waals surface area (Å²) in [5, 5.41) is 4.17. The molecule has 19 rings (SSSR count). The molecule has 4 aliphatic carbocycles. The van der Waals surface area contributed by atoms with Crippen molar-refractivity contribution in [1.82, 2.24) is 0 Å². The fourth-order valence-electron chi connectivity index (χ4n) is 16.5. The van der Waals surface area contributed by atoms with E-state index in [4.69, 9.17) is 0 Å². The first-order valence-corrected chi connectivity index (χ1v) is 33.4. The highest BCUT2D eigenvalue weighted by molar-refractivity contribution is 6.25. The Morgan fingerprint density at radius 3 is 0.673 bits per heavy atom. The second-order valence-corrected chi connectivity index (χ2v) is 26.2. The van der Waals surface area contributed by atoms with E-state index in [9.17, 15) is 0 Å². The summed E-state index contributed by atoms with van der Waals surface area (Å²) in [6.45, 7) is 0. The Morgan fingerprint density at radius 1 is 0.163 bits per heavy atom. The van der Waals surface area contributed by atoms with E-state index in [1.807, 2.05) is 48.5 Å².